The summed E-state index contributed by atoms with van der Waals surface area (Å²) in [7, 11) is 0. The van der Waals surface area contributed by atoms with Crippen molar-refractivity contribution < 1.29 is 19.1 Å². The molecule has 2 fully saturated rings. The first-order valence-corrected chi connectivity index (χ1v) is 22.3. The molecule has 4 aliphatic rings. The van der Waals surface area contributed by atoms with Crippen LogP contribution in [0, 0.1) is 42.4 Å². The summed E-state index contributed by atoms with van der Waals surface area (Å²) < 4.78 is 15.2. The Labute approximate surface area is 368 Å². The Morgan fingerprint density at radius 2 is 0.873 bits per heavy atom. The number of carbonyl (C=O) groups excluding carboxylic acids is 2. The number of aromatic nitrogens is 6. The quantitative estimate of drug-likeness (QED) is 0.146. The SMILES string of the molecule is CC1CC(C)C(OC(=O)C2=C(c3ccccc3)Cn3c2nc(-c2ccccc2)nc3=O)C(C)C1.Cc1nc2n(c(=O)n1)CC(c1ccccc1)=C2C(=O)OC1C(C)CC(C)CC1C. The number of benzene rings is 3. The van der Waals surface area contributed by atoms with Crippen LogP contribution in [0.2, 0.25) is 0 Å². The number of hydrogen-bond acceptors (Lipinski definition) is 10. The number of nitrogens with zero attached hydrogens (tertiary/aromatic N) is 6. The van der Waals surface area contributed by atoms with Crippen LogP contribution in [0.1, 0.15) is 95.8 Å². The van der Waals surface area contributed by atoms with Crippen LogP contribution in [0.3, 0.4) is 0 Å². The van der Waals surface area contributed by atoms with E-state index in [0.717, 1.165) is 53.5 Å². The molecule has 63 heavy (non-hydrogen) atoms. The molecule has 9 rings (SSSR count). The smallest absolute Gasteiger partial charge is 0.351 e. The van der Waals surface area contributed by atoms with Crippen LogP contribution in [0.5, 0.6) is 0 Å². The second-order valence-electron chi connectivity index (χ2n) is 18.3. The van der Waals surface area contributed by atoms with Gasteiger partial charge in [0.05, 0.1) is 13.1 Å². The van der Waals surface area contributed by atoms with Crippen LogP contribution < -0.4 is 11.4 Å². The number of allylic oxidation sites excluding steroid dienone is 2. The maximum Gasteiger partial charge on any atom is 0.351 e. The molecule has 2 aliphatic carbocycles. The average molecular weight is 849 g/mol. The number of rotatable bonds is 7. The Hall–Kier alpha value is -6.30. The van der Waals surface area contributed by atoms with Crippen molar-refractivity contribution in [2.45, 2.75) is 99.4 Å². The fraction of sp³-hybridized carbons (Fsp3) is 0.412. The van der Waals surface area contributed by atoms with E-state index in [-0.39, 0.29) is 37.1 Å². The fourth-order valence-electron chi connectivity index (χ4n) is 10.5. The lowest BCUT2D eigenvalue weighted by atomic mass is 9.75. The number of ether oxygens (including phenoxy) is 2. The van der Waals surface area contributed by atoms with Crippen molar-refractivity contribution in [2.75, 3.05) is 0 Å². The highest BCUT2D eigenvalue weighted by molar-refractivity contribution is 6.25. The zero-order valence-electron chi connectivity index (χ0n) is 37.2. The highest BCUT2D eigenvalue weighted by atomic mass is 16.5. The van der Waals surface area contributed by atoms with E-state index >= 15 is 0 Å². The summed E-state index contributed by atoms with van der Waals surface area (Å²) in [5.74, 6) is 2.94. The van der Waals surface area contributed by atoms with Gasteiger partial charge in [-0.05, 0) is 90.4 Å². The third-order valence-electron chi connectivity index (χ3n) is 13.1. The Bertz CT molecular complexity index is 2670. The van der Waals surface area contributed by atoms with Crippen LogP contribution in [0.4, 0.5) is 0 Å². The van der Waals surface area contributed by atoms with E-state index in [1.165, 1.54) is 9.13 Å². The van der Waals surface area contributed by atoms with Gasteiger partial charge in [0, 0.05) is 5.56 Å². The largest absolute Gasteiger partial charge is 0.458 e. The molecule has 2 aromatic heterocycles. The highest BCUT2D eigenvalue weighted by Gasteiger charge is 2.40. The number of hydrogen-bond donors (Lipinski definition) is 0. The second-order valence-corrected chi connectivity index (χ2v) is 18.3. The van der Waals surface area contributed by atoms with Crippen molar-refractivity contribution in [3.8, 4) is 11.4 Å². The van der Waals surface area contributed by atoms with E-state index in [1.54, 1.807) is 6.92 Å². The molecule has 4 unspecified atom stereocenters. The topological polar surface area (TPSA) is 148 Å². The molecule has 2 saturated carbocycles. The van der Waals surface area contributed by atoms with Gasteiger partial charge in [-0.15, -0.1) is 0 Å². The van der Waals surface area contributed by atoms with E-state index in [2.05, 4.69) is 56.5 Å². The molecule has 2 aliphatic heterocycles. The summed E-state index contributed by atoms with van der Waals surface area (Å²) in [4.78, 5) is 69.9. The molecule has 4 atom stereocenters. The summed E-state index contributed by atoms with van der Waals surface area (Å²) in [5.41, 5.74) is 3.93. The fourth-order valence-corrected chi connectivity index (χ4v) is 10.5. The molecule has 0 spiro atoms. The highest BCUT2D eigenvalue weighted by Crippen LogP contribution is 2.40. The molecule has 326 valence electrons. The van der Waals surface area contributed by atoms with Gasteiger partial charge in [-0.3, -0.25) is 9.13 Å². The lowest BCUT2D eigenvalue weighted by Crippen LogP contribution is -2.37. The number of carbonyl (C=O) groups is 2. The molecule has 12 nitrogen and oxygen atoms in total. The second kappa shape index (κ2) is 18.2. The first-order valence-electron chi connectivity index (χ1n) is 22.3. The molecule has 5 aromatic rings. The van der Waals surface area contributed by atoms with Crippen molar-refractivity contribution in [1.82, 2.24) is 29.1 Å². The Morgan fingerprint density at radius 1 is 0.508 bits per heavy atom. The van der Waals surface area contributed by atoms with E-state index in [9.17, 15) is 19.2 Å². The van der Waals surface area contributed by atoms with Gasteiger partial charge in [0.15, 0.2) is 17.5 Å². The zero-order valence-corrected chi connectivity index (χ0v) is 37.2. The van der Waals surface area contributed by atoms with Gasteiger partial charge >= 0.3 is 23.3 Å². The average Bonchev–Trinajstić information content (AvgIpc) is 3.85. The van der Waals surface area contributed by atoms with Crippen molar-refractivity contribution >= 4 is 34.2 Å². The summed E-state index contributed by atoms with van der Waals surface area (Å²) >= 11 is 0. The minimum atomic E-state index is -0.423. The van der Waals surface area contributed by atoms with Gasteiger partial charge in [-0.2, -0.15) is 9.97 Å². The monoisotopic (exact) mass is 848 g/mol. The van der Waals surface area contributed by atoms with Gasteiger partial charge in [-0.1, -0.05) is 133 Å². The van der Waals surface area contributed by atoms with Crippen LogP contribution in [-0.2, 0) is 32.2 Å². The lowest BCUT2D eigenvalue weighted by Gasteiger charge is -2.37. The lowest BCUT2D eigenvalue weighted by molar-refractivity contribution is -0.151. The van der Waals surface area contributed by atoms with Gasteiger partial charge in [0.25, 0.3) is 0 Å². The van der Waals surface area contributed by atoms with Gasteiger partial charge < -0.3 is 9.47 Å². The zero-order chi connectivity index (χ0) is 44.5. The van der Waals surface area contributed by atoms with E-state index in [4.69, 9.17) is 14.5 Å². The van der Waals surface area contributed by atoms with Gasteiger partial charge in [-0.25, -0.2) is 29.1 Å². The van der Waals surface area contributed by atoms with E-state index in [1.807, 2.05) is 91.0 Å². The number of fused-ring (bicyclic) bond motifs is 2. The molecule has 0 saturated heterocycles. The molecule has 0 amide bonds. The first kappa shape index (κ1) is 43.4. The predicted octanol–water partition coefficient (Wildman–Crippen LogP) is 8.33. The van der Waals surface area contributed by atoms with Crippen LogP contribution in [0.15, 0.2) is 101 Å². The molecular weight excluding hydrogens is 793 g/mol. The number of aryl methyl sites for hydroxylation is 1. The summed E-state index contributed by atoms with van der Waals surface area (Å²) in [6.07, 6.45) is 3.86. The minimum absolute atomic E-state index is 0.132. The van der Waals surface area contributed by atoms with E-state index in [0.29, 0.717) is 58.1 Å². The Balaban J connectivity index is 0.000000175. The molecular formula is C51H56N6O6. The Kier molecular flexibility index (Phi) is 12.5. The normalized spacial score (nSPS) is 25.1. The standard InChI is InChI=1S/C28H29N3O3.C23H27N3O3/c1-17-14-18(2)24(19(3)15-17)34-27(32)23-22(20-10-6-4-7-11-20)16-31-26(23)29-25(30-28(31)33)21-12-8-5-9-13-21;1-13-10-14(2)20(15(3)11-13)29-22(27)19-18(17-8-6-5-7-9-17)12-26-21(19)24-16(4)25-23(26)28/h4-13,17-19,24H,14-16H2,1-3H3;5-9,13-15,20H,10-12H2,1-4H3. The Morgan fingerprint density at radius 3 is 1.29 bits per heavy atom. The summed E-state index contributed by atoms with van der Waals surface area (Å²) in [5, 5.41) is 0. The maximum absolute atomic E-state index is 13.7. The molecule has 3 aromatic carbocycles. The maximum atomic E-state index is 13.7. The third-order valence-corrected chi connectivity index (χ3v) is 13.1. The van der Waals surface area contributed by atoms with Crippen LogP contribution >= 0.6 is 0 Å². The molecule has 12 heteroatoms. The first-order chi connectivity index (χ1) is 30.3. The van der Waals surface area contributed by atoms with Gasteiger partial charge in [0.2, 0.25) is 0 Å². The third kappa shape index (κ3) is 8.99. The molecule has 0 radical (unpaired) electrons. The van der Waals surface area contributed by atoms with Crippen molar-refractivity contribution in [1.29, 1.82) is 0 Å². The summed E-state index contributed by atoms with van der Waals surface area (Å²) in [6.45, 7) is 15.3. The van der Waals surface area contributed by atoms with Crippen molar-refractivity contribution in [3.05, 3.63) is 141 Å². The van der Waals surface area contributed by atoms with Crippen molar-refractivity contribution in [2.24, 2.45) is 35.5 Å². The minimum Gasteiger partial charge on any atom is -0.458 e. The van der Waals surface area contributed by atoms with Crippen LogP contribution in [0.25, 0.3) is 33.7 Å². The van der Waals surface area contributed by atoms with Gasteiger partial charge in [0.1, 0.15) is 29.2 Å². The van der Waals surface area contributed by atoms with Crippen molar-refractivity contribution in [3.63, 3.8) is 0 Å². The predicted molar refractivity (Wildman–Crippen MR) is 242 cm³/mol. The van der Waals surface area contributed by atoms with Crippen LogP contribution in [-0.4, -0.2) is 53.2 Å². The van der Waals surface area contributed by atoms with E-state index < -0.39 is 23.3 Å². The molecule has 4 heterocycles. The summed E-state index contributed by atoms with van der Waals surface area (Å²) in [6, 6.07) is 28.6. The number of esters is 2. The molecule has 0 bridgehead atoms. The molecule has 0 N–H and O–H groups in total.